The molecule has 0 heterocycles. The van der Waals surface area contributed by atoms with Crippen LogP contribution in [-0.4, -0.2) is 95.9 Å². The number of hydrogen-bond acceptors (Lipinski definition) is 14. The number of unbranched alkanes of at least 4 members (excludes halogenated alkanes) is 28. The van der Waals surface area contributed by atoms with Crippen LogP contribution >= 0.6 is 15.6 Å². The second-order valence-electron chi connectivity index (χ2n) is 25.1. The standard InChI is InChI=1S/C79H136O16P2/c1-4-7-10-13-16-19-22-25-27-29-31-33-34-35-36-37-38-40-42-43-45-48-50-53-56-59-62-65-77(82)89-68-74(80)69-91-96(85,86)92-70-75(81)71-93-97(87,88)94-73-76(95-79(84)67-64-61-58-55-52-47-24-21-18-15-12-9-6-3)72-90-78(83)66-63-60-57-54-51-49-46-44-41-39-32-30-28-26-23-20-17-14-11-8-5-2/h7,10,16-17,19-20,25-28,31-33,35-36,38-40,44,46,74-76,80-81H,4-6,8-9,11-15,18,21-24,29-30,34,37,41-43,45,47-73H2,1-3H3,(H,85,86)(H,87,88)/b10-7-,19-16-,20-17-,27-25-,28-26-,33-31-,36-35-,39-32-,40-38-,46-44-. The van der Waals surface area contributed by atoms with E-state index in [0.29, 0.717) is 19.3 Å². The van der Waals surface area contributed by atoms with Crippen LogP contribution in [0.25, 0.3) is 0 Å². The quantitative estimate of drug-likeness (QED) is 0.0146. The van der Waals surface area contributed by atoms with Crippen molar-refractivity contribution in [1.82, 2.24) is 0 Å². The molecule has 16 nitrogen and oxygen atoms in total. The molecule has 0 saturated carbocycles. The number of aliphatic hydroxyl groups is 2. The van der Waals surface area contributed by atoms with E-state index in [1.165, 1.54) is 96.3 Å². The van der Waals surface area contributed by atoms with E-state index in [0.717, 1.165) is 148 Å². The van der Waals surface area contributed by atoms with Gasteiger partial charge in [-0.3, -0.25) is 32.5 Å². The Morgan fingerprint density at radius 1 is 0.299 bits per heavy atom. The van der Waals surface area contributed by atoms with Gasteiger partial charge < -0.3 is 34.2 Å². The monoisotopic (exact) mass is 1400 g/mol. The number of allylic oxidation sites excluding steroid dienone is 20. The smallest absolute Gasteiger partial charge is 0.463 e. The second kappa shape index (κ2) is 71.8. The summed E-state index contributed by atoms with van der Waals surface area (Å²) in [5.74, 6) is -1.60. The first-order chi connectivity index (χ1) is 47.2. The number of esters is 3. The fourth-order valence-corrected chi connectivity index (χ4v) is 11.5. The van der Waals surface area contributed by atoms with E-state index in [1.54, 1.807) is 0 Å². The van der Waals surface area contributed by atoms with Gasteiger partial charge in [0.2, 0.25) is 0 Å². The summed E-state index contributed by atoms with van der Waals surface area (Å²) < 4.78 is 61.0. The van der Waals surface area contributed by atoms with Crippen molar-refractivity contribution in [2.45, 2.75) is 322 Å². The van der Waals surface area contributed by atoms with Crippen LogP contribution in [0.4, 0.5) is 0 Å². The fourth-order valence-electron chi connectivity index (χ4n) is 9.91. The summed E-state index contributed by atoms with van der Waals surface area (Å²) in [4.78, 5) is 58.5. The third-order valence-corrected chi connectivity index (χ3v) is 17.6. The minimum absolute atomic E-state index is 0.101. The van der Waals surface area contributed by atoms with Crippen molar-refractivity contribution in [3.8, 4) is 0 Å². The highest BCUT2D eigenvalue weighted by Gasteiger charge is 2.29. The van der Waals surface area contributed by atoms with E-state index in [9.17, 15) is 43.5 Å². The molecule has 97 heavy (non-hydrogen) atoms. The van der Waals surface area contributed by atoms with E-state index < -0.39 is 91.5 Å². The maximum Gasteiger partial charge on any atom is 0.472 e. The number of ether oxygens (including phenoxy) is 3. The predicted molar refractivity (Wildman–Crippen MR) is 399 cm³/mol. The Kier molecular flexibility index (Phi) is 68.8. The summed E-state index contributed by atoms with van der Waals surface area (Å²) >= 11 is 0. The van der Waals surface area contributed by atoms with E-state index >= 15 is 0 Å². The van der Waals surface area contributed by atoms with Crippen LogP contribution in [0.2, 0.25) is 0 Å². The summed E-state index contributed by atoms with van der Waals surface area (Å²) in [6, 6.07) is 0. The van der Waals surface area contributed by atoms with Crippen molar-refractivity contribution in [3.63, 3.8) is 0 Å². The van der Waals surface area contributed by atoms with Gasteiger partial charge in [0.05, 0.1) is 26.4 Å². The molecule has 0 aromatic carbocycles. The molecule has 4 N–H and O–H groups in total. The lowest BCUT2D eigenvalue weighted by atomic mass is 10.0. The van der Waals surface area contributed by atoms with Gasteiger partial charge in [-0.1, -0.05) is 290 Å². The molecule has 0 aromatic heterocycles. The lowest BCUT2D eigenvalue weighted by Gasteiger charge is -2.21. The number of phosphoric ester groups is 2. The minimum atomic E-state index is -4.93. The SMILES string of the molecule is CC/C=C\C/C=C\C/C=C\C/C=C\C/C=C\C/C=C\CCCCCCCCCCC(=O)OCC(O)COP(=O)(O)OCC(O)COP(=O)(O)OCC(COC(=O)CCCCCCC/C=C\C/C=C\C/C=C\C/C=C\CCCCC)OC(=O)CCCCCCCCCCCCCCC. The van der Waals surface area contributed by atoms with Crippen molar-refractivity contribution in [2.24, 2.45) is 0 Å². The summed E-state index contributed by atoms with van der Waals surface area (Å²) in [6.45, 7) is 2.51. The second-order valence-corrected chi connectivity index (χ2v) is 28.0. The number of carbonyl (C=O) groups excluding carboxylic acids is 3. The van der Waals surface area contributed by atoms with Gasteiger partial charge in [0, 0.05) is 19.3 Å². The van der Waals surface area contributed by atoms with Gasteiger partial charge in [-0.25, -0.2) is 9.13 Å². The molecule has 18 heteroatoms. The van der Waals surface area contributed by atoms with Crippen molar-refractivity contribution in [3.05, 3.63) is 122 Å². The van der Waals surface area contributed by atoms with Crippen LogP contribution in [0.3, 0.4) is 0 Å². The highest BCUT2D eigenvalue weighted by molar-refractivity contribution is 7.47. The molecular formula is C79H136O16P2. The van der Waals surface area contributed by atoms with Crippen molar-refractivity contribution >= 4 is 33.6 Å². The van der Waals surface area contributed by atoms with E-state index in [4.69, 9.17) is 32.3 Å². The first kappa shape index (κ1) is 93.0. The zero-order valence-corrected chi connectivity index (χ0v) is 62.5. The lowest BCUT2D eigenvalue weighted by molar-refractivity contribution is -0.161. The van der Waals surface area contributed by atoms with Crippen LogP contribution < -0.4 is 0 Å². The van der Waals surface area contributed by atoms with Crippen LogP contribution in [0.1, 0.15) is 303 Å². The van der Waals surface area contributed by atoms with Gasteiger partial charge in [0.1, 0.15) is 25.4 Å². The number of carbonyl (C=O) groups is 3. The molecule has 0 fully saturated rings. The van der Waals surface area contributed by atoms with Crippen LogP contribution in [0, 0.1) is 0 Å². The molecule has 0 aromatic rings. The Morgan fingerprint density at radius 3 is 0.887 bits per heavy atom. The Balaban J connectivity index is 4.56. The third-order valence-electron chi connectivity index (χ3n) is 15.7. The van der Waals surface area contributed by atoms with Crippen molar-refractivity contribution < 1.29 is 75.8 Å². The molecule has 0 saturated heterocycles. The summed E-state index contributed by atoms with van der Waals surface area (Å²) in [6.07, 6.45) is 83.8. The molecule has 0 aliphatic carbocycles. The zero-order chi connectivity index (χ0) is 70.9. The Labute approximate surface area is 589 Å². The number of hydrogen-bond donors (Lipinski definition) is 4. The normalized spacial score (nSPS) is 14.8. The van der Waals surface area contributed by atoms with Crippen LogP contribution in [0.15, 0.2) is 122 Å². The number of phosphoric acid groups is 2. The average Bonchev–Trinajstić information content (AvgIpc) is 1.63. The van der Waals surface area contributed by atoms with Gasteiger partial charge in [0.15, 0.2) is 6.10 Å². The third kappa shape index (κ3) is 73.0. The molecule has 0 amide bonds. The first-order valence-corrected chi connectivity index (χ1v) is 40.8. The van der Waals surface area contributed by atoms with E-state index in [2.05, 4.69) is 142 Å². The maximum atomic E-state index is 12.9. The van der Waals surface area contributed by atoms with Gasteiger partial charge >= 0.3 is 33.6 Å². The number of aliphatic hydroxyl groups excluding tert-OH is 2. The van der Waals surface area contributed by atoms with E-state index in [1.807, 2.05) is 0 Å². The lowest BCUT2D eigenvalue weighted by Crippen LogP contribution is -2.30. The zero-order valence-electron chi connectivity index (χ0n) is 60.7. The molecule has 0 spiro atoms. The largest absolute Gasteiger partial charge is 0.472 e. The van der Waals surface area contributed by atoms with Crippen LogP contribution in [0.5, 0.6) is 0 Å². The molecule has 0 aliphatic rings. The van der Waals surface area contributed by atoms with Crippen molar-refractivity contribution in [2.75, 3.05) is 39.6 Å². The average molecular weight is 1400 g/mol. The molecule has 5 unspecified atom stereocenters. The molecule has 5 atom stereocenters. The first-order valence-electron chi connectivity index (χ1n) is 37.8. The number of rotatable bonds is 71. The molecule has 0 radical (unpaired) electrons. The van der Waals surface area contributed by atoms with Gasteiger partial charge in [-0.05, 0) is 116 Å². The minimum Gasteiger partial charge on any atom is -0.463 e. The summed E-state index contributed by atoms with van der Waals surface area (Å²) in [7, 11) is -9.79. The molecular weight excluding hydrogens is 1270 g/mol. The highest BCUT2D eigenvalue weighted by atomic mass is 31.2. The highest BCUT2D eigenvalue weighted by Crippen LogP contribution is 2.45. The Hall–Kier alpha value is -4.05. The fraction of sp³-hybridized carbons (Fsp3) is 0.709. The topological polar surface area (TPSA) is 231 Å². The van der Waals surface area contributed by atoms with Gasteiger partial charge in [0.25, 0.3) is 0 Å². The Morgan fingerprint density at radius 2 is 0.546 bits per heavy atom. The van der Waals surface area contributed by atoms with E-state index in [-0.39, 0.29) is 19.3 Å². The van der Waals surface area contributed by atoms with Gasteiger partial charge in [-0.2, -0.15) is 0 Å². The molecule has 558 valence electrons. The van der Waals surface area contributed by atoms with Crippen molar-refractivity contribution in [1.29, 1.82) is 0 Å². The Bertz CT molecular complexity index is 2250. The molecule has 0 rings (SSSR count). The summed E-state index contributed by atoms with van der Waals surface area (Å²) in [5.41, 5.74) is 0. The van der Waals surface area contributed by atoms with Gasteiger partial charge in [-0.15, -0.1) is 0 Å². The molecule has 0 bridgehead atoms. The molecule has 0 aliphatic heterocycles. The maximum absolute atomic E-state index is 12.9. The predicted octanol–water partition coefficient (Wildman–Crippen LogP) is 21.8. The van der Waals surface area contributed by atoms with Crippen LogP contribution in [-0.2, 0) is 55.8 Å². The summed E-state index contributed by atoms with van der Waals surface area (Å²) in [5, 5.41) is 20.6.